The number of carbonyl (C=O) groups excluding carboxylic acids is 3. The first-order valence-electron chi connectivity index (χ1n) is 9.25. The molecule has 0 aromatic carbocycles. The molecule has 7 heteroatoms. The second kappa shape index (κ2) is 8.87. The Morgan fingerprint density at radius 1 is 1.31 bits per heavy atom. The Morgan fingerprint density at radius 3 is 2.69 bits per heavy atom. The molecule has 2 N–H and O–H groups in total. The third-order valence-corrected chi connectivity index (χ3v) is 4.95. The van der Waals surface area contributed by atoms with Gasteiger partial charge in [-0.05, 0) is 38.7 Å². The lowest BCUT2D eigenvalue weighted by Crippen LogP contribution is -2.45. The zero-order valence-corrected chi connectivity index (χ0v) is 16.1. The number of aromatic nitrogens is 1. The van der Waals surface area contributed by atoms with Crippen LogP contribution in [-0.4, -0.2) is 54.4 Å². The highest BCUT2D eigenvalue weighted by molar-refractivity contribution is 6.00. The van der Waals surface area contributed by atoms with Gasteiger partial charge in [0.05, 0.1) is 18.6 Å². The van der Waals surface area contributed by atoms with Gasteiger partial charge in [-0.1, -0.05) is 13.3 Å². The molecule has 26 heavy (non-hydrogen) atoms. The zero-order valence-electron chi connectivity index (χ0n) is 16.1. The number of piperidine rings is 1. The van der Waals surface area contributed by atoms with Crippen LogP contribution >= 0.6 is 0 Å². The highest BCUT2D eigenvalue weighted by atomic mass is 16.5. The predicted molar refractivity (Wildman–Crippen MR) is 98.2 cm³/mol. The van der Waals surface area contributed by atoms with E-state index in [1.807, 2.05) is 0 Å². The molecular formula is C19H29N3O4. The third-order valence-electron chi connectivity index (χ3n) is 4.95. The second-order valence-electron chi connectivity index (χ2n) is 6.85. The molecule has 2 heterocycles. The standard InChI is InChI=1S/C19H29N3O4/c1-5-6-9-20-17(23)14-8-7-10-22(11-14)18(24)16-12(2)15(13(3)21-16)19(25)26-4/h14,21H,5-11H2,1-4H3,(H,20,23)/t14-/m0/s1. The van der Waals surface area contributed by atoms with E-state index in [-0.39, 0.29) is 17.7 Å². The maximum atomic E-state index is 12.9. The topological polar surface area (TPSA) is 91.5 Å². The summed E-state index contributed by atoms with van der Waals surface area (Å²) in [6.45, 7) is 7.26. The van der Waals surface area contributed by atoms with E-state index in [9.17, 15) is 14.4 Å². The van der Waals surface area contributed by atoms with Crippen molar-refractivity contribution in [1.29, 1.82) is 0 Å². The number of hydrogen-bond acceptors (Lipinski definition) is 4. The van der Waals surface area contributed by atoms with E-state index in [1.165, 1.54) is 7.11 Å². The Kier molecular flexibility index (Phi) is 6.83. The fourth-order valence-electron chi connectivity index (χ4n) is 3.44. The molecule has 0 saturated carbocycles. The Labute approximate surface area is 154 Å². The summed E-state index contributed by atoms with van der Waals surface area (Å²) in [5, 5.41) is 2.95. The van der Waals surface area contributed by atoms with E-state index in [4.69, 9.17) is 4.74 Å². The maximum absolute atomic E-state index is 12.9. The molecular weight excluding hydrogens is 334 g/mol. The largest absolute Gasteiger partial charge is 0.465 e. The Hall–Kier alpha value is -2.31. The van der Waals surface area contributed by atoms with Crippen LogP contribution in [0.3, 0.4) is 0 Å². The van der Waals surface area contributed by atoms with Crippen LogP contribution in [0.2, 0.25) is 0 Å². The van der Waals surface area contributed by atoms with E-state index in [1.54, 1.807) is 18.7 Å². The third kappa shape index (κ3) is 4.26. The fourth-order valence-corrected chi connectivity index (χ4v) is 3.44. The average Bonchev–Trinajstić information content (AvgIpc) is 2.95. The Morgan fingerprint density at radius 2 is 2.04 bits per heavy atom. The lowest BCUT2D eigenvalue weighted by Gasteiger charge is -2.32. The summed E-state index contributed by atoms with van der Waals surface area (Å²) in [6, 6.07) is 0. The number of amides is 2. The van der Waals surface area contributed by atoms with Gasteiger partial charge >= 0.3 is 5.97 Å². The zero-order chi connectivity index (χ0) is 19.3. The molecule has 0 radical (unpaired) electrons. The van der Waals surface area contributed by atoms with E-state index < -0.39 is 5.97 Å². The van der Waals surface area contributed by atoms with Gasteiger partial charge in [-0.25, -0.2) is 4.79 Å². The van der Waals surface area contributed by atoms with E-state index in [0.29, 0.717) is 42.1 Å². The number of carbonyl (C=O) groups is 3. The lowest BCUT2D eigenvalue weighted by molar-refractivity contribution is -0.126. The van der Waals surface area contributed by atoms with Crippen molar-refractivity contribution < 1.29 is 19.1 Å². The van der Waals surface area contributed by atoms with Crippen LogP contribution < -0.4 is 5.32 Å². The van der Waals surface area contributed by atoms with Crippen molar-refractivity contribution in [2.24, 2.45) is 5.92 Å². The highest BCUT2D eigenvalue weighted by Crippen LogP contribution is 2.23. The maximum Gasteiger partial charge on any atom is 0.339 e. The van der Waals surface area contributed by atoms with E-state index >= 15 is 0 Å². The molecule has 1 saturated heterocycles. The normalized spacial score (nSPS) is 17.1. The van der Waals surface area contributed by atoms with Crippen molar-refractivity contribution in [2.45, 2.75) is 46.5 Å². The molecule has 0 bridgehead atoms. The number of aromatic amines is 1. The molecule has 144 valence electrons. The summed E-state index contributed by atoms with van der Waals surface area (Å²) >= 11 is 0. The monoisotopic (exact) mass is 363 g/mol. The molecule has 2 amide bonds. The quantitative estimate of drug-likeness (QED) is 0.599. The summed E-state index contributed by atoms with van der Waals surface area (Å²) in [4.78, 5) is 41.9. The van der Waals surface area contributed by atoms with Gasteiger partial charge in [0.2, 0.25) is 5.91 Å². The SMILES string of the molecule is CCCCNC(=O)[C@H]1CCCN(C(=O)c2[nH]c(C)c(C(=O)OC)c2C)C1. The minimum atomic E-state index is -0.456. The molecule has 1 fully saturated rings. The number of nitrogens with zero attached hydrogens (tertiary/aromatic N) is 1. The van der Waals surface area contributed by atoms with E-state index in [2.05, 4.69) is 17.2 Å². The molecule has 1 aromatic rings. The first-order valence-corrected chi connectivity index (χ1v) is 9.25. The minimum Gasteiger partial charge on any atom is -0.465 e. The highest BCUT2D eigenvalue weighted by Gasteiger charge is 2.31. The first-order chi connectivity index (χ1) is 12.4. The van der Waals surface area contributed by atoms with Crippen LogP contribution in [0.4, 0.5) is 0 Å². The molecule has 1 aromatic heterocycles. The second-order valence-corrected chi connectivity index (χ2v) is 6.85. The summed E-state index contributed by atoms with van der Waals surface area (Å²) in [6.07, 6.45) is 3.57. The summed E-state index contributed by atoms with van der Waals surface area (Å²) in [7, 11) is 1.32. The molecule has 0 spiro atoms. The fraction of sp³-hybridized carbons (Fsp3) is 0.632. The first kappa shape index (κ1) is 20.0. The van der Waals surface area contributed by atoms with Gasteiger partial charge in [0, 0.05) is 25.3 Å². The van der Waals surface area contributed by atoms with Crippen molar-refractivity contribution in [3.8, 4) is 0 Å². The van der Waals surface area contributed by atoms with Gasteiger partial charge < -0.3 is 19.9 Å². The molecule has 1 atom stereocenters. The molecule has 7 nitrogen and oxygen atoms in total. The minimum absolute atomic E-state index is 0.0191. The van der Waals surface area contributed by atoms with Gasteiger partial charge in [0.1, 0.15) is 5.69 Å². The van der Waals surface area contributed by atoms with Gasteiger partial charge in [-0.15, -0.1) is 0 Å². The van der Waals surface area contributed by atoms with Crippen LogP contribution in [0.25, 0.3) is 0 Å². The Balaban J connectivity index is 2.10. The number of aryl methyl sites for hydroxylation is 1. The van der Waals surface area contributed by atoms with Crippen LogP contribution in [0.5, 0.6) is 0 Å². The number of esters is 1. The number of H-pyrrole nitrogens is 1. The summed E-state index contributed by atoms with van der Waals surface area (Å²) in [5.41, 5.74) is 2.01. The summed E-state index contributed by atoms with van der Waals surface area (Å²) in [5.74, 6) is -0.791. The molecule has 0 unspecified atom stereocenters. The molecule has 1 aliphatic heterocycles. The average molecular weight is 363 g/mol. The molecule has 0 aliphatic carbocycles. The van der Waals surface area contributed by atoms with Crippen LogP contribution in [0, 0.1) is 19.8 Å². The van der Waals surface area contributed by atoms with Crippen LogP contribution in [-0.2, 0) is 9.53 Å². The number of ether oxygens (including phenoxy) is 1. The van der Waals surface area contributed by atoms with Crippen LogP contribution in [0.15, 0.2) is 0 Å². The molecule has 1 aliphatic rings. The van der Waals surface area contributed by atoms with E-state index in [0.717, 1.165) is 25.7 Å². The smallest absolute Gasteiger partial charge is 0.339 e. The number of hydrogen-bond donors (Lipinski definition) is 2. The predicted octanol–water partition coefficient (Wildman–Crippen LogP) is 2.19. The molecule has 2 rings (SSSR count). The van der Waals surface area contributed by atoms with Crippen molar-refractivity contribution >= 4 is 17.8 Å². The van der Waals surface area contributed by atoms with Crippen molar-refractivity contribution in [3.63, 3.8) is 0 Å². The van der Waals surface area contributed by atoms with Gasteiger partial charge in [0.25, 0.3) is 5.91 Å². The van der Waals surface area contributed by atoms with Gasteiger partial charge in [0.15, 0.2) is 0 Å². The van der Waals surface area contributed by atoms with Crippen LogP contribution in [0.1, 0.15) is 64.7 Å². The Bertz CT molecular complexity index is 681. The van der Waals surface area contributed by atoms with Crippen molar-refractivity contribution in [1.82, 2.24) is 15.2 Å². The number of rotatable bonds is 6. The summed E-state index contributed by atoms with van der Waals surface area (Å²) < 4.78 is 4.79. The number of likely N-dealkylation sites (tertiary alicyclic amines) is 1. The lowest BCUT2D eigenvalue weighted by atomic mass is 9.96. The number of unbranched alkanes of at least 4 members (excludes halogenated alkanes) is 1. The van der Waals surface area contributed by atoms with Gasteiger partial charge in [-0.2, -0.15) is 0 Å². The number of nitrogens with one attached hydrogen (secondary N) is 2. The van der Waals surface area contributed by atoms with Crippen molar-refractivity contribution in [2.75, 3.05) is 26.7 Å². The number of methoxy groups -OCH3 is 1. The van der Waals surface area contributed by atoms with Gasteiger partial charge in [-0.3, -0.25) is 9.59 Å². The van der Waals surface area contributed by atoms with Crippen molar-refractivity contribution in [3.05, 3.63) is 22.5 Å².